The number of nitro groups is 2. The summed E-state index contributed by atoms with van der Waals surface area (Å²) in [6, 6.07) is 8.26. The summed E-state index contributed by atoms with van der Waals surface area (Å²) < 4.78 is 0. The number of nitro benzene ring substituents is 1. The summed E-state index contributed by atoms with van der Waals surface area (Å²) >= 11 is 0. The van der Waals surface area contributed by atoms with E-state index in [2.05, 4.69) is 25.6 Å². The summed E-state index contributed by atoms with van der Waals surface area (Å²) in [5.41, 5.74) is 0.577. The summed E-state index contributed by atoms with van der Waals surface area (Å²) in [5.74, 6) is -0.549. The molecule has 0 aliphatic carbocycles. The topological polar surface area (TPSA) is 186 Å². The number of aromatic nitrogens is 3. The summed E-state index contributed by atoms with van der Waals surface area (Å²) in [6.07, 6.45) is 1.48. The minimum atomic E-state index is -1.20. The van der Waals surface area contributed by atoms with Crippen molar-refractivity contribution in [3.8, 4) is 11.3 Å². The molecule has 0 saturated carbocycles. The molecule has 0 bridgehead atoms. The van der Waals surface area contributed by atoms with Crippen molar-refractivity contribution >= 4 is 29.1 Å². The van der Waals surface area contributed by atoms with Crippen LogP contribution in [0.25, 0.3) is 11.3 Å². The van der Waals surface area contributed by atoms with Gasteiger partial charge in [0.25, 0.3) is 11.4 Å². The molecule has 13 heteroatoms. The van der Waals surface area contributed by atoms with Gasteiger partial charge in [0, 0.05) is 36.9 Å². The Morgan fingerprint density at radius 3 is 2.15 bits per heavy atom. The molecular formula is C20H19N7O6. The van der Waals surface area contributed by atoms with Crippen LogP contribution in [0.5, 0.6) is 0 Å². The number of nitrogens with zero attached hydrogens (tertiary/aromatic N) is 5. The number of nitrogens with one attached hydrogen (secondary N) is 2. The maximum absolute atomic E-state index is 11.9. The normalized spacial score (nSPS) is 10.5. The van der Waals surface area contributed by atoms with Crippen LogP contribution in [0.4, 0.5) is 23.1 Å². The number of carbonyl (C=O) groups is 1. The largest absolute Gasteiger partial charge is 0.478 e. The lowest BCUT2D eigenvalue weighted by molar-refractivity contribution is -0.385. The molecule has 0 unspecified atom stereocenters. The first-order chi connectivity index (χ1) is 15.8. The third-order valence-corrected chi connectivity index (χ3v) is 4.56. The quantitative estimate of drug-likeness (QED) is 0.232. The van der Waals surface area contributed by atoms with Gasteiger partial charge in [-0.2, -0.15) is 0 Å². The first kappa shape index (κ1) is 23.0. The first-order valence-electron chi connectivity index (χ1n) is 9.77. The van der Waals surface area contributed by atoms with E-state index >= 15 is 0 Å². The van der Waals surface area contributed by atoms with Crippen molar-refractivity contribution in [2.75, 3.05) is 23.7 Å². The predicted molar refractivity (Wildman–Crippen MR) is 118 cm³/mol. The van der Waals surface area contributed by atoms with Crippen LogP contribution in [0.1, 0.15) is 23.0 Å². The fraction of sp³-hybridized carbons (Fsp3) is 0.200. The zero-order valence-corrected chi connectivity index (χ0v) is 17.4. The summed E-state index contributed by atoms with van der Waals surface area (Å²) in [6.45, 7) is 2.48. The van der Waals surface area contributed by atoms with Gasteiger partial charge in [-0.05, 0) is 24.6 Å². The molecule has 0 atom stereocenters. The van der Waals surface area contributed by atoms with Gasteiger partial charge in [0.1, 0.15) is 17.6 Å². The van der Waals surface area contributed by atoms with Crippen molar-refractivity contribution in [1.29, 1.82) is 0 Å². The van der Waals surface area contributed by atoms with Gasteiger partial charge in [-0.3, -0.25) is 20.2 Å². The van der Waals surface area contributed by atoms with Gasteiger partial charge < -0.3 is 15.7 Å². The monoisotopic (exact) mass is 453 g/mol. The Kier molecular flexibility index (Phi) is 7.03. The van der Waals surface area contributed by atoms with E-state index in [1.165, 1.54) is 36.4 Å². The Hall–Kier alpha value is -4.68. The van der Waals surface area contributed by atoms with Gasteiger partial charge >= 0.3 is 5.97 Å². The maximum atomic E-state index is 11.9. The second kappa shape index (κ2) is 10.1. The third-order valence-electron chi connectivity index (χ3n) is 4.56. The van der Waals surface area contributed by atoms with E-state index in [0.717, 1.165) is 6.20 Å². The number of aromatic carboxylic acids is 1. The number of hydrogen-bond acceptors (Lipinski definition) is 10. The second-order valence-corrected chi connectivity index (χ2v) is 6.69. The van der Waals surface area contributed by atoms with Crippen molar-refractivity contribution in [2.45, 2.75) is 13.3 Å². The van der Waals surface area contributed by atoms with E-state index in [0.29, 0.717) is 36.6 Å². The first-order valence-corrected chi connectivity index (χ1v) is 9.77. The number of carboxylic acids is 1. The van der Waals surface area contributed by atoms with Crippen molar-refractivity contribution < 1.29 is 19.7 Å². The Morgan fingerprint density at radius 1 is 0.970 bits per heavy atom. The zero-order chi connectivity index (χ0) is 24.0. The van der Waals surface area contributed by atoms with Crippen LogP contribution < -0.4 is 10.6 Å². The van der Waals surface area contributed by atoms with Crippen molar-refractivity contribution in [2.24, 2.45) is 0 Å². The molecule has 3 N–H and O–H groups in total. The number of anilines is 2. The van der Waals surface area contributed by atoms with Crippen LogP contribution in [-0.2, 0) is 6.42 Å². The molecule has 0 radical (unpaired) electrons. The predicted octanol–water partition coefficient (Wildman–Crippen LogP) is 3.14. The highest BCUT2D eigenvalue weighted by Gasteiger charge is 2.21. The average molecular weight is 453 g/mol. The van der Waals surface area contributed by atoms with E-state index in [1.807, 2.05) is 0 Å². The fourth-order valence-electron chi connectivity index (χ4n) is 2.98. The molecule has 13 nitrogen and oxygen atoms in total. The molecular weight excluding hydrogens is 434 g/mol. The highest BCUT2D eigenvalue weighted by Crippen LogP contribution is 2.27. The molecule has 0 aliphatic rings. The van der Waals surface area contributed by atoms with Gasteiger partial charge in [-0.15, -0.1) is 0 Å². The van der Waals surface area contributed by atoms with Gasteiger partial charge in [-0.1, -0.05) is 6.92 Å². The number of hydrogen-bond donors (Lipinski definition) is 3. The molecule has 0 amide bonds. The van der Waals surface area contributed by atoms with E-state index in [-0.39, 0.29) is 28.6 Å². The lowest BCUT2D eigenvalue weighted by atomic mass is 10.0. The zero-order valence-electron chi connectivity index (χ0n) is 17.4. The molecule has 0 spiro atoms. The Labute approximate surface area is 186 Å². The summed E-state index contributed by atoms with van der Waals surface area (Å²) in [5, 5.41) is 37.3. The molecule has 2 heterocycles. The molecule has 3 aromatic rings. The second-order valence-electron chi connectivity index (χ2n) is 6.69. The molecule has 0 saturated heterocycles. The molecule has 0 aliphatic heterocycles. The van der Waals surface area contributed by atoms with Crippen LogP contribution in [0.3, 0.4) is 0 Å². The fourth-order valence-corrected chi connectivity index (χ4v) is 2.98. The van der Waals surface area contributed by atoms with Crippen molar-refractivity contribution in [3.63, 3.8) is 0 Å². The van der Waals surface area contributed by atoms with E-state index < -0.39 is 15.8 Å². The number of rotatable bonds is 10. The highest BCUT2D eigenvalue weighted by atomic mass is 16.6. The van der Waals surface area contributed by atoms with Gasteiger partial charge in [0.05, 0.1) is 21.2 Å². The van der Waals surface area contributed by atoms with Crippen LogP contribution in [0.2, 0.25) is 0 Å². The number of carboxylic acid groups (broad SMARTS) is 1. The number of aryl methyl sites for hydroxylation is 1. The minimum Gasteiger partial charge on any atom is -0.478 e. The van der Waals surface area contributed by atoms with Crippen LogP contribution in [0.15, 0.2) is 42.6 Å². The Morgan fingerprint density at radius 2 is 1.61 bits per heavy atom. The molecule has 0 fully saturated rings. The Balaban J connectivity index is 1.78. The van der Waals surface area contributed by atoms with Crippen LogP contribution in [0, 0.1) is 20.2 Å². The van der Waals surface area contributed by atoms with E-state index in [9.17, 15) is 30.1 Å². The van der Waals surface area contributed by atoms with Crippen molar-refractivity contribution in [3.05, 3.63) is 74.1 Å². The van der Waals surface area contributed by atoms with Crippen LogP contribution >= 0.6 is 0 Å². The summed E-state index contributed by atoms with van der Waals surface area (Å²) in [7, 11) is 0. The van der Waals surface area contributed by atoms with E-state index in [1.54, 1.807) is 6.92 Å². The highest BCUT2D eigenvalue weighted by molar-refractivity contribution is 5.96. The third kappa shape index (κ3) is 5.52. The molecule has 33 heavy (non-hydrogen) atoms. The molecule has 3 rings (SSSR count). The van der Waals surface area contributed by atoms with Gasteiger partial charge in [0.2, 0.25) is 5.95 Å². The smallest absolute Gasteiger partial charge is 0.339 e. The van der Waals surface area contributed by atoms with Crippen LogP contribution in [-0.4, -0.2) is 49.0 Å². The number of non-ortho nitro benzene ring substituents is 1. The maximum Gasteiger partial charge on any atom is 0.339 e. The summed E-state index contributed by atoms with van der Waals surface area (Å²) in [4.78, 5) is 45.0. The minimum absolute atomic E-state index is 0.0647. The number of pyridine rings is 1. The Bertz CT molecular complexity index is 1180. The van der Waals surface area contributed by atoms with E-state index in [4.69, 9.17) is 0 Å². The van der Waals surface area contributed by atoms with Gasteiger partial charge in [-0.25, -0.2) is 19.7 Å². The number of benzene rings is 1. The molecule has 2 aromatic heterocycles. The molecule has 170 valence electrons. The van der Waals surface area contributed by atoms with Crippen molar-refractivity contribution in [1.82, 2.24) is 15.0 Å². The molecule has 1 aromatic carbocycles. The lowest BCUT2D eigenvalue weighted by Crippen LogP contribution is -2.18. The average Bonchev–Trinajstić information content (AvgIpc) is 2.81. The SMILES string of the molecule is CCc1nc(NCCNc2ccc([N+](=O)[O-])cn2)nc(-c2ccc([N+](=O)[O-])cc2)c1C(=O)O. The standard InChI is InChI=1S/C20H19N7O6/c1-2-15-17(19(28)29)18(12-3-5-13(6-4-12)26(30)31)25-20(24-15)22-10-9-21-16-8-7-14(11-23-16)27(32)33/h3-8,11H,2,9-10H2,1H3,(H,21,23)(H,28,29)(H,22,24,25). The van der Waals surface area contributed by atoms with Gasteiger partial charge in [0.15, 0.2) is 0 Å². The lowest BCUT2D eigenvalue weighted by Gasteiger charge is -2.13.